The molecule has 0 aliphatic carbocycles. The highest BCUT2D eigenvalue weighted by Gasteiger charge is 2.35. The van der Waals surface area contributed by atoms with Gasteiger partial charge in [0.1, 0.15) is 22.9 Å². The van der Waals surface area contributed by atoms with Crippen LogP contribution in [0.25, 0.3) is 0 Å². The molecule has 1 aliphatic rings. The van der Waals surface area contributed by atoms with E-state index in [0.29, 0.717) is 49.8 Å². The van der Waals surface area contributed by atoms with Crippen molar-refractivity contribution >= 4 is 40.6 Å². The average molecular weight is 573 g/mol. The third-order valence-corrected chi connectivity index (χ3v) is 6.43. The number of ether oxygens (including phenoxy) is 1. The van der Waals surface area contributed by atoms with Crippen molar-refractivity contribution in [2.45, 2.75) is 33.4 Å². The maximum Gasteiger partial charge on any atom is 0.421 e. The third kappa shape index (κ3) is 7.68. The number of amides is 1. The first-order chi connectivity index (χ1) is 19.4. The largest absolute Gasteiger partial charge is 0.479 e. The lowest BCUT2D eigenvalue weighted by Crippen LogP contribution is -2.49. The number of aromatic nitrogens is 3. The van der Waals surface area contributed by atoms with Crippen LogP contribution in [0, 0.1) is 5.41 Å². The zero-order valence-corrected chi connectivity index (χ0v) is 23.8. The van der Waals surface area contributed by atoms with E-state index in [4.69, 9.17) is 4.74 Å². The van der Waals surface area contributed by atoms with E-state index in [2.05, 4.69) is 35.8 Å². The number of nitrogens with one attached hydrogen (secondary N) is 3. The number of anilines is 6. The normalized spacial score (nSPS) is 14.0. The van der Waals surface area contributed by atoms with E-state index < -0.39 is 17.6 Å². The lowest BCUT2D eigenvalue weighted by Gasteiger charge is -2.36. The van der Waals surface area contributed by atoms with Crippen LogP contribution < -0.4 is 25.6 Å². The molecule has 0 unspecified atom stereocenters. The first-order valence-electron chi connectivity index (χ1n) is 13.2. The molecule has 0 bridgehead atoms. The fourth-order valence-corrected chi connectivity index (χ4v) is 4.36. The van der Waals surface area contributed by atoms with Crippen LogP contribution in [0.1, 0.15) is 32.8 Å². The standard InChI is InChI=1S/C28H35F3N8O2/c1-27(2,3)16-23(40)39-13-11-38(12-14-39)22-10-9-21(25(36-22)41-5)35-26-33-17-20(28(29,30)31)24(37-26)34-19-8-6-7-18(15-19)32-4/h6-10,15,17,32H,11-14,16H2,1-5H3,(H2,33,34,35,37). The predicted molar refractivity (Wildman–Crippen MR) is 153 cm³/mol. The highest BCUT2D eigenvalue weighted by molar-refractivity contribution is 5.77. The van der Waals surface area contributed by atoms with Gasteiger partial charge in [-0.15, -0.1) is 0 Å². The number of hydrogen-bond donors (Lipinski definition) is 3. The van der Waals surface area contributed by atoms with E-state index in [1.165, 1.54) is 7.11 Å². The van der Waals surface area contributed by atoms with E-state index in [-0.39, 0.29) is 23.2 Å². The molecule has 4 rings (SSSR count). The summed E-state index contributed by atoms with van der Waals surface area (Å²) in [6.45, 7) is 8.54. The molecule has 0 atom stereocenters. The Balaban J connectivity index is 1.51. The van der Waals surface area contributed by atoms with Gasteiger partial charge >= 0.3 is 6.18 Å². The van der Waals surface area contributed by atoms with E-state index >= 15 is 0 Å². The number of carbonyl (C=O) groups is 1. The minimum atomic E-state index is -4.66. The van der Waals surface area contributed by atoms with Gasteiger partial charge in [-0.25, -0.2) is 4.98 Å². The quantitative estimate of drug-likeness (QED) is 0.322. The maximum atomic E-state index is 13.7. The minimum Gasteiger partial charge on any atom is -0.479 e. The zero-order valence-electron chi connectivity index (χ0n) is 23.8. The Morgan fingerprint density at radius 3 is 2.34 bits per heavy atom. The van der Waals surface area contributed by atoms with Crippen molar-refractivity contribution in [2.75, 3.05) is 61.2 Å². The summed E-state index contributed by atoms with van der Waals surface area (Å²) in [4.78, 5) is 29.1. The second-order valence-corrected chi connectivity index (χ2v) is 10.9. The summed E-state index contributed by atoms with van der Waals surface area (Å²) in [5.74, 6) is 0.570. The summed E-state index contributed by atoms with van der Waals surface area (Å²) in [6, 6.07) is 10.3. The fourth-order valence-electron chi connectivity index (χ4n) is 4.36. The van der Waals surface area contributed by atoms with E-state index in [0.717, 1.165) is 11.9 Å². The van der Waals surface area contributed by atoms with Crippen molar-refractivity contribution in [3.63, 3.8) is 0 Å². The number of carbonyl (C=O) groups excluding carboxylic acids is 1. The molecule has 0 saturated carbocycles. The number of rotatable bonds is 8. The SMILES string of the molecule is CNc1cccc(Nc2nc(Nc3ccc(N4CCN(C(=O)CC(C)(C)C)CC4)nc3OC)ncc2C(F)(F)F)c1. The van der Waals surface area contributed by atoms with Gasteiger partial charge in [0.05, 0.1) is 7.11 Å². The van der Waals surface area contributed by atoms with E-state index in [1.54, 1.807) is 43.4 Å². The van der Waals surface area contributed by atoms with Crippen molar-refractivity contribution in [1.29, 1.82) is 0 Å². The smallest absolute Gasteiger partial charge is 0.421 e. The molecule has 3 heterocycles. The first kappa shape index (κ1) is 29.7. The Morgan fingerprint density at radius 1 is 1.00 bits per heavy atom. The van der Waals surface area contributed by atoms with Crippen LogP contribution in [0.4, 0.5) is 47.8 Å². The van der Waals surface area contributed by atoms with Crippen LogP contribution in [-0.4, -0.2) is 66.1 Å². The predicted octanol–water partition coefficient (Wildman–Crippen LogP) is 5.51. The average Bonchev–Trinajstić information content (AvgIpc) is 2.92. The number of alkyl halides is 3. The highest BCUT2D eigenvalue weighted by Crippen LogP contribution is 2.36. The van der Waals surface area contributed by atoms with Gasteiger partial charge in [-0.1, -0.05) is 26.8 Å². The fraction of sp³-hybridized carbons (Fsp3) is 0.429. The number of methoxy groups -OCH3 is 1. The monoisotopic (exact) mass is 572 g/mol. The first-order valence-corrected chi connectivity index (χ1v) is 13.2. The highest BCUT2D eigenvalue weighted by atomic mass is 19.4. The van der Waals surface area contributed by atoms with Gasteiger partial charge in [0, 0.05) is 57.2 Å². The van der Waals surface area contributed by atoms with Crippen molar-refractivity contribution < 1.29 is 22.7 Å². The molecule has 0 radical (unpaired) electrons. The van der Waals surface area contributed by atoms with Crippen LogP contribution in [0.5, 0.6) is 5.88 Å². The molecule has 0 spiro atoms. The Labute approximate surface area is 237 Å². The number of nitrogens with zero attached hydrogens (tertiary/aromatic N) is 5. The molecular formula is C28H35F3N8O2. The summed E-state index contributed by atoms with van der Waals surface area (Å²) in [5, 5.41) is 8.62. The molecular weight excluding hydrogens is 537 g/mol. The van der Waals surface area contributed by atoms with Crippen LogP contribution >= 0.6 is 0 Å². The number of piperazine rings is 1. The van der Waals surface area contributed by atoms with E-state index in [9.17, 15) is 18.0 Å². The molecule has 1 saturated heterocycles. The summed E-state index contributed by atoms with van der Waals surface area (Å²) in [5.41, 5.74) is 0.467. The van der Waals surface area contributed by atoms with Crippen LogP contribution in [0.15, 0.2) is 42.6 Å². The molecule has 1 aromatic carbocycles. The van der Waals surface area contributed by atoms with Gasteiger partial charge in [-0.2, -0.15) is 23.1 Å². The van der Waals surface area contributed by atoms with Crippen molar-refractivity contribution in [2.24, 2.45) is 5.41 Å². The Morgan fingerprint density at radius 2 is 1.71 bits per heavy atom. The molecule has 1 amide bonds. The van der Waals surface area contributed by atoms with Crippen molar-refractivity contribution in [3.05, 3.63) is 48.2 Å². The topological polar surface area (TPSA) is 108 Å². The van der Waals surface area contributed by atoms with Gasteiger partial charge in [0.25, 0.3) is 0 Å². The van der Waals surface area contributed by atoms with Gasteiger partial charge < -0.3 is 30.5 Å². The summed E-state index contributed by atoms with van der Waals surface area (Å²) in [7, 11) is 3.17. The van der Waals surface area contributed by atoms with Crippen LogP contribution in [0.3, 0.4) is 0 Å². The van der Waals surface area contributed by atoms with Gasteiger partial charge in [0.15, 0.2) is 0 Å². The number of halogens is 3. The second kappa shape index (κ2) is 12.1. The van der Waals surface area contributed by atoms with Gasteiger partial charge in [0.2, 0.25) is 17.7 Å². The van der Waals surface area contributed by atoms with E-state index in [1.807, 2.05) is 25.7 Å². The van der Waals surface area contributed by atoms with Gasteiger partial charge in [-0.05, 0) is 35.7 Å². The Hall–Kier alpha value is -4.29. The molecule has 3 N–H and O–H groups in total. The Bertz CT molecular complexity index is 1370. The van der Waals surface area contributed by atoms with Crippen LogP contribution in [-0.2, 0) is 11.0 Å². The molecule has 13 heteroatoms. The molecule has 220 valence electrons. The van der Waals surface area contributed by atoms with Crippen molar-refractivity contribution in [1.82, 2.24) is 19.9 Å². The Kier molecular flexibility index (Phi) is 8.74. The molecule has 10 nitrogen and oxygen atoms in total. The number of pyridine rings is 1. The molecule has 41 heavy (non-hydrogen) atoms. The lowest BCUT2D eigenvalue weighted by molar-refractivity contribution is -0.137. The second-order valence-electron chi connectivity index (χ2n) is 10.9. The minimum absolute atomic E-state index is 0.0657. The number of benzene rings is 1. The maximum absolute atomic E-state index is 13.7. The summed E-state index contributed by atoms with van der Waals surface area (Å²) < 4.78 is 46.7. The van der Waals surface area contributed by atoms with Crippen LogP contribution in [0.2, 0.25) is 0 Å². The third-order valence-electron chi connectivity index (χ3n) is 6.43. The molecule has 2 aromatic heterocycles. The molecule has 3 aromatic rings. The lowest BCUT2D eigenvalue weighted by atomic mass is 9.91. The summed E-state index contributed by atoms with van der Waals surface area (Å²) >= 11 is 0. The summed E-state index contributed by atoms with van der Waals surface area (Å²) in [6.07, 6.45) is -3.44. The molecule has 1 aliphatic heterocycles. The van der Waals surface area contributed by atoms with Crippen molar-refractivity contribution in [3.8, 4) is 5.88 Å². The zero-order chi connectivity index (χ0) is 29.8. The molecule has 1 fully saturated rings. The number of hydrogen-bond acceptors (Lipinski definition) is 9. The van der Waals surface area contributed by atoms with Gasteiger partial charge in [-0.3, -0.25) is 4.79 Å².